The minimum atomic E-state index is -0.0721. The van der Waals surface area contributed by atoms with Gasteiger partial charge in [-0.25, -0.2) is 9.97 Å². The third kappa shape index (κ3) is 1.68. The van der Waals surface area contributed by atoms with Crippen molar-refractivity contribution in [2.45, 2.75) is 13.5 Å². The molecule has 3 rings (SSSR count). The lowest BCUT2D eigenvalue weighted by Gasteiger charge is -2.03. The summed E-state index contributed by atoms with van der Waals surface area (Å²) in [6.07, 6.45) is 1.73. The third-order valence-corrected chi connectivity index (χ3v) is 3.48. The van der Waals surface area contributed by atoms with Gasteiger partial charge in [0.2, 0.25) is 5.95 Å². The molecule has 0 fully saturated rings. The smallest absolute Gasteiger partial charge is 0.304 e. The summed E-state index contributed by atoms with van der Waals surface area (Å²) in [6, 6.07) is 1.89. The maximum absolute atomic E-state index is 11.1. The molecule has 0 aliphatic carbocycles. The van der Waals surface area contributed by atoms with Gasteiger partial charge in [0.1, 0.15) is 5.52 Å². The van der Waals surface area contributed by atoms with Crippen molar-refractivity contribution in [3.05, 3.63) is 38.6 Å². The highest BCUT2D eigenvalue weighted by molar-refractivity contribution is 7.07. The molecule has 0 saturated carbocycles. The number of hydrogen-bond acceptors (Lipinski definition) is 5. The highest BCUT2D eigenvalue weighted by Crippen LogP contribution is 2.19. The number of aryl methyl sites for hydroxylation is 1. The molecule has 7 heteroatoms. The summed E-state index contributed by atoms with van der Waals surface area (Å²) < 4.78 is 1.79. The van der Waals surface area contributed by atoms with Crippen molar-refractivity contribution in [3.63, 3.8) is 0 Å². The molecule has 0 radical (unpaired) electrons. The van der Waals surface area contributed by atoms with Crippen LogP contribution in [0.3, 0.4) is 0 Å². The first-order valence-corrected chi connectivity index (χ1v) is 6.27. The second-order valence-corrected chi connectivity index (χ2v) is 4.87. The van der Waals surface area contributed by atoms with E-state index in [0.717, 1.165) is 33.8 Å². The number of aromatic amines is 1. The lowest BCUT2D eigenvalue weighted by molar-refractivity contribution is 0.804. The van der Waals surface area contributed by atoms with Gasteiger partial charge in [-0.1, -0.05) is 11.3 Å². The number of nitrogens with two attached hydrogens (primary N) is 1. The van der Waals surface area contributed by atoms with E-state index in [1.165, 1.54) is 0 Å². The number of nitrogens with zero attached hydrogens (tertiary/aromatic N) is 3. The molecule has 0 bridgehead atoms. The van der Waals surface area contributed by atoms with E-state index in [2.05, 4.69) is 15.0 Å². The molecule has 18 heavy (non-hydrogen) atoms. The van der Waals surface area contributed by atoms with Crippen LogP contribution in [0.4, 0.5) is 5.95 Å². The summed E-state index contributed by atoms with van der Waals surface area (Å²) in [4.78, 5) is 22.4. The van der Waals surface area contributed by atoms with Crippen molar-refractivity contribution in [2.24, 2.45) is 0 Å². The normalized spacial score (nSPS) is 11.2. The summed E-state index contributed by atoms with van der Waals surface area (Å²) >= 11 is 1.13. The summed E-state index contributed by atoms with van der Waals surface area (Å²) in [7, 11) is 0. The fourth-order valence-corrected chi connectivity index (χ4v) is 2.45. The van der Waals surface area contributed by atoms with Crippen LogP contribution in [0.25, 0.3) is 11.2 Å². The number of aromatic nitrogens is 4. The highest BCUT2D eigenvalue weighted by atomic mass is 32.1. The van der Waals surface area contributed by atoms with Crippen molar-refractivity contribution in [2.75, 3.05) is 5.73 Å². The summed E-state index contributed by atoms with van der Waals surface area (Å²) in [5.74, 6) is 0.402. The molecule has 0 aliphatic heterocycles. The van der Waals surface area contributed by atoms with Crippen LogP contribution < -0.4 is 10.6 Å². The van der Waals surface area contributed by atoms with E-state index < -0.39 is 0 Å². The Hall–Kier alpha value is -2.15. The largest absolute Gasteiger partial charge is 0.369 e. The van der Waals surface area contributed by atoms with Crippen LogP contribution in [0.15, 0.2) is 22.4 Å². The van der Waals surface area contributed by atoms with E-state index in [-0.39, 0.29) is 4.87 Å². The van der Waals surface area contributed by atoms with Crippen molar-refractivity contribution in [1.82, 2.24) is 19.5 Å². The molecule has 0 spiro atoms. The van der Waals surface area contributed by atoms with Gasteiger partial charge in [-0.15, -0.1) is 0 Å². The van der Waals surface area contributed by atoms with E-state index >= 15 is 0 Å². The number of anilines is 1. The predicted molar refractivity (Wildman–Crippen MR) is 70.7 cm³/mol. The first-order valence-electron chi connectivity index (χ1n) is 5.39. The van der Waals surface area contributed by atoms with Gasteiger partial charge in [-0.05, 0) is 18.6 Å². The highest BCUT2D eigenvalue weighted by Gasteiger charge is 2.11. The molecule has 92 valence electrons. The van der Waals surface area contributed by atoms with Gasteiger partial charge >= 0.3 is 4.87 Å². The predicted octanol–water partition coefficient (Wildman–Crippen LogP) is 1.12. The molecular weight excluding hydrogens is 250 g/mol. The third-order valence-electron chi connectivity index (χ3n) is 2.76. The van der Waals surface area contributed by atoms with Crippen LogP contribution in [0, 0.1) is 6.92 Å². The van der Waals surface area contributed by atoms with Crippen LogP contribution >= 0.6 is 11.3 Å². The number of fused-ring (bicyclic) bond motifs is 1. The fourth-order valence-electron chi connectivity index (χ4n) is 1.87. The van der Waals surface area contributed by atoms with E-state index in [9.17, 15) is 4.79 Å². The monoisotopic (exact) mass is 261 g/mol. The fraction of sp³-hybridized carbons (Fsp3) is 0.182. The Kier molecular flexibility index (Phi) is 2.41. The van der Waals surface area contributed by atoms with E-state index in [1.807, 2.05) is 13.0 Å². The number of H-pyrrole nitrogens is 1. The van der Waals surface area contributed by atoms with Gasteiger partial charge in [0.15, 0.2) is 5.65 Å². The van der Waals surface area contributed by atoms with E-state index in [1.54, 1.807) is 16.1 Å². The zero-order valence-electron chi connectivity index (χ0n) is 9.67. The maximum Gasteiger partial charge on any atom is 0.304 e. The Morgan fingerprint density at radius 2 is 2.39 bits per heavy atom. The second kappa shape index (κ2) is 3.95. The molecule has 6 nitrogen and oxygen atoms in total. The summed E-state index contributed by atoms with van der Waals surface area (Å²) in [5.41, 5.74) is 9.27. The number of hydrogen-bond donors (Lipinski definition) is 2. The molecule has 0 atom stereocenters. The number of nitrogens with one attached hydrogen (secondary N) is 1. The van der Waals surface area contributed by atoms with Crippen LogP contribution in [0.5, 0.6) is 0 Å². The second-order valence-electron chi connectivity index (χ2n) is 4.03. The molecule has 3 N–H and O–H groups in total. The van der Waals surface area contributed by atoms with Crippen LogP contribution in [0.1, 0.15) is 11.3 Å². The minimum absolute atomic E-state index is 0.0721. The van der Waals surface area contributed by atoms with Gasteiger partial charge < -0.3 is 10.7 Å². The number of thiazole rings is 1. The molecule has 3 aromatic heterocycles. The maximum atomic E-state index is 11.1. The molecule has 0 aromatic carbocycles. The Labute approximate surface area is 106 Å². The Bertz CT molecular complexity index is 769. The molecular formula is C11H11N5OS. The minimum Gasteiger partial charge on any atom is -0.369 e. The molecule has 0 amide bonds. The Balaban J connectivity index is 2.14. The van der Waals surface area contributed by atoms with Gasteiger partial charge in [0.05, 0.1) is 6.54 Å². The number of pyridine rings is 1. The van der Waals surface area contributed by atoms with Crippen molar-refractivity contribution < 1.29 is 0 Å². The lowest BCUT2D eigenvalue weighted by Crippen LogP contribution is -2.07. The van der Waals surface area contributed by atoms with Crippen LogP contribution in [0.2, 0.25) is 0 Å². The van der Waals surface area contributed by atoms with Crippen molar-refractivity contribution in [1.29, 1.82) is 0 Å². The average Bonchev–Trinajstić information content (AvgIpc) is 2.87. The molecule has 0 saturated heterocycles. The molecule has 3 heterocycles. The average molecular weight is 261 g/mol. The quantitative estimate of drug-likeness (QED) is 0.723. The standard InChI is InChI=1S/C11H11N5OS/c1-6-2-3-13-9-8(6)15-10(12)16(9)4-7-5-18-11(17)14-7/h2-3,5H,4H2,1H3,(H2,12,15)(H,14,17). The topological polar surface area (TPSA) is 89.6 Å². The molecule has 0 unspecified atom stereocenters. The number of rotatable bonds is 2. The number of imidazole rings is 1. The first-order chi connectivity index (χ1) is 8.65. The van der Waals surface area contributed by atoms with Crippen molar-refractivity contribution in [3.8, 4) is 0 Å². The molecule has 3 aromatic rings. The Morgan fingerprint density at radius 3 is 3.11 bits per heavy atom. The van der Waals surface area contributed by atoms with Gasteiger partial charge in [-0.2, -0.15) is 0 Å². The number of nitrogen functional groups attached to an aromatic ring is 1. The lowest BCUT2D eigenvalue weighted by atomic mass is 10.3. The SMILES string of the molecule is Cc1ccnc2c1nc(N)n2Cc1csc(=O)[nH]1. The first kappa shape index (κ1) is 11.0. The van der Waals surface area contributed by atoms with Gasteiger partial charge in [0.25, 0.3) is 0 Å². The van der Waals surface area contributed by atoms with E-state index in [4.69, 9.17) is 5.73 Å². The van der Waals surface area contributed by atoms with Crippen molar-refractivity contribution >= 4 is 28.4 Å². The van der Waals surface area contributed by atoms with Gasteiger partial charge in [-0.3, -0.25) is 9.36 Å². The van der Waals surface area contributed by atoms with Crippen LogP contribution in [-0.4, -0.2) is 19.5 Å². The molecule has 0 aliphatic rings. The van der Waals surface area contributed by atoms with Crippen LogP contribution in [-0.2, 0) is 6.54 Å². The zero-order chi connectivity index (χ0) is 12.7. The Morgan fingerprint density at radius 1 is 1.56 bits per heavy atom. The van der Waals surface area contributed by atoms with Gasteiger partial charge in [0, 0.05) is 17.3 Å². The summed E-state index contributed by atoms with van der Waals surface area (Å²) in [5, 5.41) is 1.78. The van der Waals surface area contributed by atoms with E-state index in [0.29, 0.717) is 12.5 Å². The summed E-state index contributed by atoms with van der Waals surface area (Å²) in [6.45, 7) is 2.44. The zero-order valence-corrected chi connectivity index (χ0v) is 10.5.